The van der Waals surface area contributed by atoms with Crippen LogP contribution in [0.4, 0.5) is 5.69 Å². The highest BCUT2D eigenvalue weighted by Gasteiger charge is 2.23. The summed E-state index contributed by atoms with van der Waals surface area (Å²) in [5.41, 5.74) is 2.05. The van der Waals surface area contributed by atoms with Crippen LogP contribution in [0.15, 0.2) is 64.4 Å². The normalized spacial score (nSPS) is 15.2. The van der Waals surface area contributed by atoms with Crippen LogP contribution in [0.2, 0.25) is 0 Å². The van der Waals surface area contributed by atoms with Gasteiger partial charge in [0.2, 0.25) is 5.78 Å². The first-order chi connectivity index (χ1) is 16.8. The van der Waals surface area contributed by atoms with Crippen molar-refractivity contribution in [1.82, 2.24) is 4.57 Å². The van der Waals surface area contributed by atoms with Gasteiger partial charge < -0.3 is 14.0 Å². The largest absolute Gasteiger partial charge is 0.454 e. The van der Waals surface area contributed by atoms with E-state index in [4.69, 9.17) is 9.47 Å². The van der Waals surface area contributed by atoms with E-state index in [-0.39, 0.29) is 23.1 Å². The Bertz CT molecular complexity index is 1250. The monoisotopic (exact) mass is 494 g/mol. The fourth-order valence-electron chi connectivity index (χ4n) is 4.14. The lowest BCUT2D eigenvalue weighted by molar-refractivity contribution is -0.384. The number of carbonyl (C=O) groups is 2. The first-order valence-corrected chi connectivity index (χ1v) is 12.1. The SMILES string of the molecule is Cc1cc(C(=O)COC(=O)c2cc([N+](=O)[O-])ccc2Sc2ccccc2)c(C)n1CC1CCCO1. The highest BCUT2D eigenvalue weighted by molar-refractivity contribution is 7.99. The maximum absolute atomic E-state index is 12.9. The molecule has 1 saturated heterocycles. The van der Waals surface area contributed by atoms with Crippen LogP contribution in [0.1, 0.15) is 44.9 Å². The zero-order chi connectivity index (χ0) is 24.9. The summed E-state index contributed by atoms with van der Waals surface area (Å²) in [5.74, 6) is -1.11. The number of hydrogen-bond acceptors (Lipinski definition) is 7. The number of carbonyl (C=O) groups excluding carboxylic acids is 2. The van der Waals surface area contributed by atoms with Crippen LogP contribution in [-0.4, -0.2) is 40.6 Å². The Kier molecular flexibility index (Phi) is 7.67. The third-order valence-corrected chi connectivity index (χ3v) is 7.07. The van der Waals surface area contributed by atoms with Gasteiger partial charge in [-0.15, -0.1) is 0 Å². The fourth-order valence-corrected chi connectivity index (χ4v) is 5.07. The molecule has 0 amide bonds. The smallest absolute Gasteiger partial charge is 0.339 e. The van der Waals surface area contributed by atoms with Crippen molar-refractivity contribution < 1.29 is 24.0 Å². The second-order valence-electron chi connectivity index (χ2n) is 8.38. The van der Waals surface area contributed by atoms with Crippen LogP contribution in [-0.2, 0) is 16.0 Å². The number of rotatable bonds is 9. The van der Waals surface area contributed by atoms with Crippen LogP contribution in [0.25, 0.3) is 0 Å². The van der Waals surface area contributed by atoms with Gasteiger partial charge in [0.15, 0.2) is 6.61 Å². The molecule has 2 aromatic carbocycles. The van der Waals surface area contributed by atoms with E-state index in [1.807, 2.05) is 44.2 Å². The molecule has 1 aromatic heterocycles. The highest BCUT2D eigenvalue weighted by atomic mass is 32.2. The van der Waals surface area contributed by atoms with Gasteiger partial charge >= 0.3 is 5.97 Å². The fraction of sp³-hybridized carbons (Fsp3) is 0.308. The van der Waals surface area contributed by atoms with Crippen molar-refractivity contribution in [2.24, 2.45) is 0 Å². The molecule has 3 aromatic rings. The second kappa shape index (κ2) is 10.9. The topological polar surface area (TPSA) is 101 Å². The number of Topliss-reactive ketones (excluding diaryl/α,β-unsaturated/α-hetero) is 1. The van der Waals surface area contributed by atoms with E-state index < -0.39 is 17.5 Å². The van der Waals surface area contributed by atoms with Gasteiger partial charge in [-0.05, 0) is 51.0 Å². The molecule has 0 radical (unpaired) electrons. The molecule has 0 aliphatic carbocycles. The summed E-state index contributed by atoms with van der Waals surface area (Å²) in [6.45, 7) is 4.78. The van der Waals surface area contributed by atoms with E-state index in [9.17, 15) is 19.7 Å². The molecular formula is C26H26N2O6S. The molecule has 1 fully saturated rings. The minimum atomic E-state index is -0.784. The standard InChI is InChI=1S/C26H26N2O6S/c1-17-13-22(18(2)27(17)15-20-7-6-12-33-20)24(29)16-34-26(30)23-14-19(28(31)32)10-11-25(23)35-21-8-4-3-5-9-21/h3-5,8-11,13-14,20H,6-7,12,15-16H2,1-2H3. The Morgan fingerprint density at radius 3 is 2.60 bits per heavy atom. The van der Waals surface area contributed by atoms with Gasteiger partial charge in [-0.25, -0.2) is 4.79 Å². The molecule has 9 heteroatoms. The molecule has 4 rings (SSSR count). The third kappa shape index (κ3) is 5.80. The van der Waals surface area contributed by atoms with E-state index in [0.29, 0.717) is 17.0 Å². The van der Waals surface area contributed by atoms with Gasteiger partial charge in [0, 0.05) is 52.0 Å². The molecule has 0 N–H and O–H groups in total. The van der Waals surface area contributed by atoms with Gasteiger partial charge in [0.25, 0.3) is 5.69 Å². The lowest BCUT2D eigenvalue weighted by Gasteiger charge is -2.14. The Labute approximate surface area is 207 Å². The molecule has 182 valence electrons. The molecule has 1 aliphatic rings. The highest BCUT2D eigenvalue weighted by Crippen LogP contribution is 2.33. The minimum absolute atomic E-state index is 0.0460. The number of nitro groups is 1. The average Bonchev–Trinajstić information content (AvgIpc) is 3.47. The first kappa shape index (κ1) is 24.7. The predicted octanol–water partition coefficient (Wildman–Crippen LogP) is 5.38. The Morgan fingerprint density at radius 2 is 1.91 bits per heavy atom. The van der Waals surface area contributed by atoms with Crippen molar-refractivity contribution in [3.63, 3.8) is 0 Å². The van der Waals surface area contributed by atoms with Crippen LogP contribution >= 0.6 is 11.8 Å². The van der Waals surface area contributed by atoms with Crippen molar-refractivity contribution in [2.45, 2.75) is 49.1 Å². The number of aryl methyl sites for hydroxylation is 1. The molecule has 0 bridgehead atoms. The van der Waals surface area contributed by atoms with Gasteiger partial charge in [-0.3, -0.25) is 14.9 Å². The summed E-state index contributed by atoms with van der Waals surface area (Å²) in [6, 6.07) is 15.2. The lowest BCUT2D eigenvalue weighted by Crippen LogP contribution is -2.18. The Balaban J connectivity index is 1.49. The number of nitro benzene ring substituents is 1. The molecule has 1 unspecified atom stereocenters. The number of benzene rings is 2. The number of aromatic nitrogens is 1. The van der Waals surface area contributed by atoms with E-state index in [1.54, 1.807) is 6.07 Å². The number of ketones is 1. The summed E-state index contributed by atoms with van der Waals surface area (Å²) in [6.07, 6.45) is 2.16. The quantitative estimate of drug-likeness (QED) is 0.170. The zero-order valence-electron chi connectivity index (χ0n) is 19.6. The van der Waals surface area contributed by atoms with Crippen molar-refractivity contribution in [1.29, 1.82) is 0 Å². The number of non-ortho nitro benzene ring substituents is 1. The molecule has 0 spiro atoms. The summed E-state index contributed by atoms with van der Waals surface area (Å²) < 4.78 is 13.1. The van der Waals surface area contributed by atoms with E-state index in [2.05, 4.69) is 4.57 Å². The summed E-state index contributed by atoms with van der Waals surface area (Å²) >= 11 is 1.29. The van der Waals surface area contributed by atoms with E-state index >= 15 is 0 Å². The molecule has 0 saturated carbocycles. The summed E-state index contributed by atoms with van der Waals surface area (Å²) in [5, 5.41) is 11.3. The van der Waals surface area contributed by atoms with Crippen LogP contribution in [0, 0.1) is 24.0 Å². The number of hydrogen-bond donors (Lipinski definition) is 0. The van der Waals surface area contributed by atoms with E-state index in [0.717, 1.165) is 35.7 Å². The zero-order valence-corrected chi connectivity index (χ0v) is 20.4. The number of nitrogens with zero attached hydrogens (tertiary/aromatic N) is 2. The van der Waals surface area contributed by atoms with Gasteiger partial charge in [0.05, 0.1) is 16.6 Å². The van der Waals surface area contributed by atoms with Gasteiger partial charge in [-0.2, -0.15) is 0 Å². The van der Waals surface area contributed by atoms with Crippen molar-refractivity contribution >= 4 is 29.2 Å². The maximum Gasteiger partial charge on any atom is 0.339 e. The molecule has 35 heavy (non-hydrogen) atoms. The first-order valence-electron chi connectivity index (χ1n) is 11.3. The van der Waals surface area contributed by atoms with E-state index in [1.165, 1.54) is 30.0 Å². The lowest BCUT2D eigenvalue weighted by atomic mass is 10.1. The average molecular weight is 495 g/mol. The van der Waals surface area contributed by atoms with Crippen LogP contribution < -0.4 is 0 Å². The summed E-state index contributed by atoms with van der Waals surface area (Å²) in [7, 11) is 0. The summed E-state index contributed by atoms with van der Waals surface area (Å²) in [4.78, 5) is 37.9. The molecular weight excluding hydrogens is 468 g/mol. The molecule has 8 nitrogen and oxygen atoms in total. The number of esters is 1. The Hall–Kier alpha value is -3.43. The second-order valence-corrected chi connectivity index (χ2v) is 9.50. The van der Waals surface area contributed by atoms with Crippen molar-refractivity contribution in [3.05, 3.63) is 87.2 Å². The maximum atomic E-state index is 12.9. The molecule has 1 atom stereocenters. The third-order valence-electron chi connectivity index (χ3n) is 5.98. The van der Waals surface area contributed by atoms with Crippen molar-refractivity contribution in [3.8, 4) is 0 Å². The van der Waals surface area contributed by atoms with Gasteiger partial charge in [0.1, 0.15) is 0 Å². The Morgan fingerprint density at radius 1 is 1.14 bits per heavy atom. The number of ether oxygens (including phenoxy) is 2. The van der Waals surface area contributed by atoms with Crippen LogP contribution in [0.5, 0.6) is 0 Å². The minimum Gasteiger partial charge on any atom is -0.454 e. The van der Waals surface area contributed by atoms with Crippen LogP contribution in [0.3, 0.4) is 0 Å². The predicted molar refractivity (Wildman–Crippen MR) is 131 cm³/mol. The molecule has 1 aliphatic heterocycles. The van der Waals surface area contributed by atoms with Gasteiger partial charge in [-0.1, -0.05) is 30.0 Å². The molecule has 2 heterocycles. The van der Waals surface area contributed by atoms with Crippen molar-refractivity contribution in [2.75, 3.05) is 13.2 Å².